The molecule has 0 spiro atoms. The van der Waals surface area contributed by atoms with E-state index in [9.17, 15) is 19.7 Å². The van der Waals surface area contributed by atoms with Crippen LogP contribution in [0, 0.1) is 17.0 Å². The Hall–Kier alpha value is -3.42. The van der Waals surface area contributed by atoms with Crippen LogP contribution in [0.4, 0.5) is 17.1 Å². The van der Waals surface area contributed by atoms with Gasteiger partial charge in [0.2, 0.25) is 11.8 Å². The molecule has 0 bridgehead atoms. The molecule has 8 heteroatoms. The first-order valence-electron chi connectivity index (χ1n) is 8.91. The van der Waals surface area contributed by atoms with Crippen LogP contribution in [0.5, 0.6) is 0 Å². The van der Waals surface area contributed by atoms with Crippen LogP contribution in [0.25, 0.3) is 0 Å². The second kappa shape index (κ2) is 9.50. The predicted molar refractivity (Wildman–Crippen MR) is 108 cm³/mol. The summed E-state index contributed by atoms with van der Waals surface area (Å²) in [5, 5.41) is 19.4. The zero-order valence-electron chi connectivity index (χ0n) is 16.1. The molecule has 0 saturated carbocycles. The molecule has 28 heavy (non-hydrogen) atoms. The van der Waals surface area contributed by atoms with Gasteiger partial charge in [0.25, 0.3) is 5.69 Å². The van der Waals surface area contributed by atoms with E-state index >= 15 is 0 Å². The number of amides is 2. The van der Waals surface area contributed by atoms with E-state index in [1.807, 2.05) is 26.0 Å². The van der Waals surface area contributed by atoms with E-state index in [-0.39, 0.29) is 30.1 Å². The van der Waals surface area contributed by atoms with Crippen LogP contribution < -0.4 is 16.0 Å². The van der Waals surface area contributed by atoms with Crippen LogP contribution in [0.1, 0.15) is 25.0 Å². The Morgan fingerprint density at radius 3 is 2.36 bits per heavy atom. The van der Waals surface area contributed by atoms with Gasteiger partial charge in [0.05, 0.1) is 23.6 Å². The van der Waals surface area contributed by atoms with Crippen LogP contribution in [0.15, 0.2) is 42.5 Å². The summed E-state index contributed by atoms with van der Waals surface area (Å²) in [6.45, 7) is 5.59. The summed E-state index contributed by atoms with van der Waals surface area (Å²) in [6, 6.07) is 11.7. The molecule has 0 aromatic heterocycles. The first-order chi connectivity index (χ1) is 13.2. The van der Waals surface area contributed by atoms with E-state index in [0.717, 1.165) is 16.8 Å². The number of carbonyl (C=O) groups is 2. The quantitative estimate of drug-likeness (QED) is 0.478. The average molecular weight is 384 g/mol. The minimum Gasteiger partial charge on any atom is -0.376 e. The fourth-order valence-electron chi connectivity index (χ4n) is 2.53. The Bertz CT molecular complexity index is 863. The van der Waals surface area contributed by atoms with Gasteiger partial charge in [-0.3, -0.25) is 19.7 Å². The molecule has 2 rings (SSSR count). The van der Waals surface area contributed by atoms with E-state index < -0.39 is 4.92 Å². The molecule has 0 saturated heterocycles. The highest BCUT2D eigenvalue weighted by molar-refractivity contribution is 5.94. The number of hydrogen-bond donors (Lipinski definition) is 3. The van der Waals surface area contributed by atoms with Gasteiger partial charge in [-0.25, -0.2) is 0 Å². The summed E-state index contributed by atoms with van der Waals surface area (Å²) in [7, 11) is 0. The largest absolute Gasteiger partial charge is 0.376 e. The minimum atomic E-state index is -0.504. The highest BCUT2D eigenvalue weighted by atomic mass is 16.6. The molecule has 0 fully saturated rings. The average Bonchev–Trinajstić information content (AvgIpc) is 2.62. The van der Waals surface area contributed by atoms with Crippen LogP contribution >= 0.6 is 0 Å². The summed E-state index contributed by atoms with van der Waals surface area (Å²) in [4.78, 5) is 34.3. The summed E-state index contributed by atoms with van der Waals surface area (Å²) < 4.78 is 0. The molecule has 0 aliphatic heterocycles. The summed E-state index contributed by atoms with van der Waals surface area (Å²) in [5.41, 5.74) is 2.68. The third-order valence-electron chi connectivity index (χ3n) is 3.93. The number of nitrogens with one attached hydrogen (secondary N) is 3. The molecular weight excluding hydrogens is 360 g/mol. The van der Waals surface area contributed by atoms with Crippen molar-refractivity contribution in [2.45, 2.75) is 33.2 Å². The lowest BCUT2D eigenvalue weighted by molar-refractivity contribution is -0.384. The number of rotatable bonds is 8. The Labute approximate surface area is 163 Å². The first kappa shape index (κ1) is 20.9. The number of carbonyl (C=O) groups excluding carboxylic acids is 2. The van der Waals surface area contributed by atoms with E-state index in [1.54, 1.807) is 25.1 Å². The molecule has 0 heterocycles. The number of anilines is 2. The lowest BCUT2D eigenvalue weighted by Crippen LogP contribution is -2.31. The maximum Gasteiger partial charge on any atom is 0.271 e. The molecule has 0 atom stereocenters. The smallest absolute Gasteiger partial charge is 0.271 e. The van der Waals surface area contributed by atoms with Crippen molar-refractivity contribution >= 4 is 28.9 Å². The highest BCUT2D eigenvalue weighted by Gasteiger charge is 2.11. The van der Waals surface area contributed by atoms with Gasteiger partial charge >= 0.3 is 0 Å². The minimum absolute atomic E-state index is 0.00924. The lowest BCUT2D eigenvalue weighted by atomic mass is 10.1. The van der Waals surface area contributed by atoms with Gasteiger partial charge in [0.1, 0.15) is 0 Å². The van der Waals surface area contributed by atoms with E-state index in [1.165, 1.54) is 12.1 Å². The number of nitro groups is 1. The van der Waals surface area contributed by atoms with Crippen molar-refractivity contribution in [2.75, 3.05) is 17.2 Å². The monoisotopic (exact) mass is 384 g/mol. The Balaban J connectivity index is 1.88. The number of nitro benzene ring substituents is 1. The Morgan fingerprint density at radius 2 is 1.75 bits per heavy atom. The van der Waals surface area contributed by atoms with Gasteiger partial charge in [-0.05, 0) is 44.0 Å². The van der Waals surface area contributed by atoms with Crippen LogP contribution in [-0.2, 0) is 16.0 Å². The summed E-state index contributed by atoms with van der Waals surface area (Å²) >= 11 is 0. The van der Waals surface area contributed by atoms with Crippen LogP contribution in [0.2, 0.25) is 0 Å². The normalized spacial score (nSPS) is 10.4. The number of aryl methyl sites for hydroxylation is 1. The van der Waals surface area contributed by atoms with Gasteiger partial charge in [-0.15, -0.1) is 0 Å². The second-order valence-electron chi connectivity index (χ2n) is 6.75. The van der Waals surface area contributed by atoms with Crippen molar-refractivity contribution in [1.29, 1.82) is 0 Å². The van der Waals surface area contributed by atoms with E-state index in [0.29, 0.717) is 12.1 Å². The summed E-state index contributed by atoms with van der Waals surface area (Å²) in [5.74, 6) is -0.355. The molecule has 3 N–H and O–H groups in total. The van der Waals surface area contributed by atoms with Gasteiger partial charge < -0.3 is 16.0 Å². The molecule has 0 unspecified atom stereocenters. The van der Waals surface area contributed by atoms with Crippen molar-refractivity contribution in [1.82, 2.24) is 5.32 Å². The van der Waals surface area contributed by atoms with Crippen molar-refractivity contribution in [3.63, 3.8) is 0 Å². The number of benzene rings is 2. The third-order valence-corrected chi connectivity index (χ3v) is 3.93. The van der Waals surface area contributed by atoms with Crippen molar-refractivity contribution in [3.8, 4) is 0 Å². The van der Waals surface area contributed by atoms with Gasteiger partial charge in [-0.2, -0.15) is 0 Å². The molecule has 8 nitrogen and oxygen atoms in total. The zero-order valence-corrected chi connectivity index (χ0v) is 16.1. The van der Waals surface area contributed by atoms with Crippen molar-refractivity contribution < 1.29 is 14.5 Å². The second-order valence-corrected chi connectivity index (χ2v) is 6.75. The molecular formula is C20H24N4O4. The van der Waals surface area contributed by atoms with Crippen LogP contribution in [-0.4, -0.2) is 29.3 Å². The summed E-state index contributed by atoms with van der Waals surface area (Å²) in [6.07, 6.45) is 0.297. The van der Waals surface area contributed by atoms with Gasteiger partial charge in [0.15, 0.2) is 0 Å². The number of nitrogens with zero attached hydrogens (tertiary/aromatic N) is 1. The van der Waals surface area contributed by atoms with Crippen LogP contribution in [0.3, 0.4) is 0 Å². The van der Waals surface area contributed by atoms with E-state index in [4.69, 9.17) is 0 Å². The molecule has 0 aliphatic carbocycles. The Kier molecular flexibility index (Phi) is 7.08. The molecule has 0 radical (unpaired) electrons. The standard InChI is InChI=1S/C20H24N4O4/c1-13(2)22-19(25)10-15-5-7-16(8-6-15)21-12-20(26)23-18-11-17(24(27)28)9-4-14(18)3/h4-9,11,13,21H,10,12H2,1-3H3,(H,22,25)(H,23,26). The molecule has 148 valence electrons. The number of non-ortho nitro benzene ring substituents is 1. The maximum absolute atomic E-state index is 12.1. The molecule has 2 aromatic rings. The fraction of sp³-hybridized carbons (Fsp3) is 0.300. The molecule has 0 aliphatic rings. The van der Waals surface area contributed by atoms with E-state index in [2.05, 4.69) is 16.0 Å². The van der Waals surface area contributed by atoms with Gasteiger partial charge in [-0.1, -0.05) is 18.2 Å². The third kappa shape index (κ3) is 6.39. The fourth-order valence-corrected chi connectivity index (χ4v) is 2.53. The highest BCUT2D eigenvalue weighted by Crippen LogP contribution is 2.21. The topological polar surface area (TPSA) is 113 Å². The Morgan fingerprint density at radius 1 is 1.07 bits per heavy atom. The number of hydrogen-bond acceptors (Lipinski definition) is 5. The van der Waals surface area contributed by atoms with Crippen molar-refractivity contribution in [3.05, 3.63) is 63.7 Å². The SMILES string of the molecule is Cc1ccc([N+](=O)[O-])cc1NC(=O)CNc1ccc(CC(=O)NC(C)C)cc1. The zero-order chi connectivity index (χ0) is 20.7. The lowest BCUT2D eigenvalue weighted by Gasteiger charge is -2.11. The maximum atomic E-state index is 12.1. The first-order valence-corrected chi connectivity index (χ1v) is 8.91. The molecule has 2 amide bonds. The van der Waals surface area contributed by atoms with Gasteiger partial charge in [0, 0.05) is 23.9 Å². The molecule has 2 aromatic carbocycles. The van der Waals surface area contributed by atoms with Crippen molar-refractivity contribution in [2.24, 2.45) is 0 Å². The predicted octanol–water partition coefficient (Wildman–Crippen LogP) is 3.02.